The van der Waals surface area contributed by atoms with Gasteiger partial charge in [-0.05, 0) is 43.2 Å². The van der Waals surface area contributed by atoms with Gasteiger partial charge in [0.05, 0.1) is 20.9 Å². The van der Waals surface area contributed by atoms with Crippen molar-refractivity contribution in [3.8, 4) is 0 Å². The molecular formula is C23H24N2O3S2. The summed E-state index contributed by atoms with van der Waals surface area (Å²) >= 11 is 1.80. The highest BCUT2D eigenvalue weighted by molar-refractivity contribution is 7.99. The first-order valence-corrected chi connectivity index (χ1v) is 12.7. The van der Waals surface area contributed by atoms with Crippen LogP contribution in [0.25, 0.3) is 10.9 Å². The number of aromatic nitrogens is 1. The van der Waals surface area contributed by atoms with Crippen molar-refractivity contribution in [2.45, 2.75) is 30.1 Å². The molecule has 0 N–H and O–H groups in total. The molecule has 1 aliphatic rings. The van der Waals surface area contributed by atoms with Crippen molar-refractivity contribution in [3.63, 3.8) is 0 Å². The van der Waals surface area contributed by atoms with Crippen LogP contribution in [0.4, 0.5) is 0 Å². The first-order valence-electron chi connectivity index (χ1n) is 10.0. The highest BCUT2D eigenvalue weighted by Gasteiger charge is 2.30. The predicted molar refractivity (Wildman–Crippen MR) is 121 cm³/mol. The zero-order chi connectivity index (χ0) is 21.3. The van der Waals surface area contributed by atoms with Crippen LogP contribution in [0.2, 0.25) is 0 Å². The van der Waals surface area contributed by atoms with E-state index in [0.29, 0.717) is 24.0 Å². The quantitative estimate of drug-likeness (QED) is 0.610. The fraction of sp³-hybridized carbons (Fsp3) is 0.304. The third-order valence-electron chi connectivity index (χ3n) is 5.41. The van der Waals surface area contributed by atoms with Crippen LogP contribution < -0.4 is 0 Å². The second kappa shape index (κ2) is 8.40. The molecule has 1 fully saturated rings. The maximum atomic E-state index is 13.8. The van der Waals surface area contributed by atoms with Crippen molar-refractivity contribution in [2.24, 2.45) is 0 Å². The van der Waals surface area contributed by atoms with Gasteiger partial charge in [0, 0.05) is 36.2 Å². The lowest BCUT2D eigenvalue weighted by atomic mass is 10.1. The van der Waals surface area contributed by atoms with E-state index in [0.717, 1.165) is 29.1 Å². The monoisotopic (exact) mass is 440 g/mol. The number of nitrogens with zero attached hydrogens (tertiary/aromatic N) is 2. The summed E-state index contributed by atoms with van der Waals surface area (Å²) in [7, 11) is -3.91. The predicted octanol–water partition coefficient (Wildman–Crippen LogP) is 4.13. The number of benzene rings is 2. The molecule has 0 bridgehead atoms. The summed E-state index contributed by atoms with van der Waals surface area (Å²) in [5.74, 6) is 1.44. The molecule has 0 unspecified atom stereocenters. The Labute approximate surface area is 181 Å². The molecule has 1 saturated heterocycles. The summed E-state index contributed by atoms with van der Waals surface area (Å²) in [6.07, 6.45) is 2.25. The molecule has 5 nitrogen and oxygen atoms in total. The van der Waals surface area contributed by atoms with E-state index in [1.54, 1.807) is 40.9 Å². The molecule has 1 aliphatic heterocycles. The van der Waals surface area contributed by atoms with Crippen molar-refractivity contribution in [2.75, 3.05) is 24.6 Å². The van der Waals surface area contributed by atoms with Crippen LogP contribution in [0.1, 0.15) is 28.4 Å². The Bertz CT molecular complexity index is 1200. The van der Waals surface area contributed by atoms with Gasteiger partial charge in [0.15, 0.2) is 0 Å². The van der Waals surface area contributed by atoms with Crippen molar-refractivity contribution in [1.29, 1.82) is 0 Å². The lowest BCUT2D eigenvalue weighted by Crippen LogP contribution is -2.38. The molecule has 0 radical (unpaired) electrons. The second-order valence-corrected chi connectivity index (χ2v) is 10.5. The number of amides is 1. The van der Waals surface area contributed by atoms with Crippen LogP contribution in [-0.2, 0) is 16.3 Å². The second-order valence-electron chi connectivity index (χ2n) is 7.43. The minimum Gasteiger partial charge on any atom is -0.337 e. The standard InChI is InChI=1S/C23H24N2O3S2/c1-3-17-5-7-18(8-6-17)30(27,28)22-19-14-16(2)4-9-21(19)24-15-20(22)23(26)25-10-12-29-13-11-25/h4-9,14-15H,3,10-13H2,1-2H3. The van der Waals surface area contributed by atoms with Crippen LogP contribution in [0, 0.1) is 6.92 Å². The van der Waals surface area contributed by atoms with Crippen molar-refractivity contribution in [1.82, 2.24) is 9.88 Å². The molecule has 0 spiro atoms. The number of carbonyl (C=O) groups excluding carboxylic acids is 1. The van der Waals surface area contributed by atoms with Crippen LogP contribution in [0.15, 0.2) is 58.5 Å². The van der Waals surface area contributed by atoms with E-state index in [-0.39, 0.29) is 21.3 Å². The SMILES string of the molecule is CCc1ccc(S(=O)(=O)c2c(C(=O)N3CCSCC3)cnc3ccc(C)cc23)cc1. The minimum absolute atomic E-state index is 0.0590. The topological polar surface area (TPSA) is 67.3 Å². The number of carbonyl (C=O) groups is 1. The molecule has 0 saturated carbocycles. The molecule has 0 atom stereocenters. The van der Waals surface area contributed by atoms with Crippen molar-refractivity contribution in [3.05, 3.63) is 65.4 Å². The number of hydrogen-bond acceptors (Lipinski definition) is 5. The Kier molecular flexibility index (Phi) is 5.84. The van der Waals surface area contributed by atoms with Gasteiger partial charge < -0.3 is 4.90 Å². The van der Waals surface area contributed by atoms with E-state index < -0.39 is 9.84 Å². The zero-order valence-corrected chi connectivity index (χ0v) is 18.7. The third-order valence-corrected chi connectivity index (χ3v) is 8.23. The number of rotatable bonds is 4. The van der Waals surface area contributed by atoms with Gasteiger partial charge in [0.2, 0.25) is 9.84 Å². The van der Waals surface area contributed by atoms with Gasteiger partial charge in [0.1, 0.15) is 0 Å². The summed E-state index contributed by atoms with van der Waals surface area (Å²) in [6.45, 7) is 5.15. The lowest BCUT2D eigenvalue weighted by Gasteiger charge is -2.27. The summed E-state index contributed by atoms with van der Waals surface area (Å²) in [5, 5.41) is 0.492. The normalized spacial score (nSPS) is 14.8. The zero-order valence-electron chi connectivity index (χ0n) is 17.1. The molecule has 2 heterocycles. The molecule has 3 aromatic rings. The molecule has 7 heteroatoms. The Balaban J connectivity index is 1.94. The lowest BCUT2D eigenvalue weighted by molar-refractivity contribution is 0.0768. The van der Waals surface area contributed by atoms with E-state index in [2.05, 4.69) is 4.98 Å². The van der Waals surface area contributed by atoms with Gasteiger partial charge in [-0.3, -0.25) is 9.78 Å². The summed E-state index contributed by atoms with van der Waals surface area (Å²) in [4.78, 5) is 19.7. The van der Waals surface area contributed by atoms with Crippen LogP contribution in [-0.4, -0.2) is 48.8 Å². The van der Waals surface area contributed by atoms with E-state index >= 15 is 0 Å². The fourth-order valence-electron chi connectivity index (χ4n) is 3.68. The van der Waals surface area contributed by atoms with Crippen LogP contribution >= 0.6 is 11.8 Å². The Morgan fingerprint density at radius 3 is 2.47 bits per heavy atom. The van der Waals surface area contributed by atoms with E-state index in [4.69, 9.17) is 0 Å². The highest BCUT2D eigenvalue weighted by atomic mass is 32.2. The molecule has 2 aromatic carbocycles. The molecule has 0 aliphatic carbocycles. The Morgan fingerprint density at radius 1 is 1.10 bits per heavy atom. The third kappa shape index (κ3) is 3.84. The smallest absolute Gasteiger partial charge is 0.256 e. The van der Waals surface area contributed by atoms with Crippen molar-refractivity contribution < 1.29 is 13.2 Å². The summed E-state index contributed by atoms with van der Waals surface area (Å²) < 4.78 is 27.5. The number of pyridine rings is 1. The average molecular weight is 441 g/mol. The molecule has 30 heavy (non-hydrogen) atoms. The summed E-state index contributed by atoms with van der Waals surface area (Å²) in [6, 6.07) is 12.4. The van der Waals surface area contributed by atoms with E-state index in [1.807, 2.05) is 32.0 Å². The Hall–Kier alpha value is -2.38. The first kappa shape index (κ1) is 20.9. The van der Waals surface area contributed by atoms with Crippen LogP contribution in [0.5, 0.6) is 0 Å². The molecule has 1 amide bonds. The van der Waals surface area contributed by atoms with Gasteiger partial charge in [-0.1, -0.05) is 30.7 Å². The van der Waals surface area contributed by atoms with Gasteiger partial charge in [-0.15, -0.1) is 0 Å². The number of sulfone groups is 1. The van der Waals surface area contributed by atoms with Gasteiger partial charge in [0.25, 0.3) is 5.91 Å². The maximum Gasteiger partial charge on any atom is 0.256 e. The van der Waals surface area contributed by atoms with E-state index in [1.165, 1.54) is 6.20 Å². The number of hydrogen-bond donors (Lipinski definition) is 0. The minimum atomic E-state index is -3.91. The summed E-state index contributed by atoms with van der Waals surface area (Å²) in [5.41, 5.74) is 2.70. The van der Waals surface area contributed by atoms with Gasteiger partial charge >= 0.3 is 0 Å². The van der Waals surface area contributed by atoms with Crippen LogP contribution in [0.3, 0.4) is 0 Å². The maximum absolute atomic E-state index is 13.8. The van der Waals surface area contributed by atoms with Crippen molar-refractivity contribution >= 4 is 38.4 Å². The fourth-order valence-corrected chi connectivity index (χ4v) is 6.20. The Morgan fingerprint density at radius 2 is 1.80 bits per heavy atom. The highest BCUT2D eigenvalue weighted by Crippen LogP contribution is 2.32. The van der Waals surface area contributed by atoms with Gasteiger partial charge in [-0.25, -0.2) is 8.42 Å². The average Bonchev–Trinajstić information content (AvgIpc) is 2.78. The largest absolute Gasteiger partial charge is 0.337 e. The van der Waals surface area contributed by atoms with Gasteiger partial charge in [-0.2, -0.15) is 11.8 Å². The molecule has 1 aromatic heterocycles. The number of aryl methyl sites for hydroxylation is 2. The molecule has 156 valence electrons. The number of fused-ring (bicyclic) bond motifs is 1. The molecule has 4 rings (SSSR count). The number of thioether (sulfide) groups is 1. The first-order chi connectivity index (χ1) is 14.4. The molecular weight excluding hydrogens is 416 g/mol. The van der Waals surface area contributed by atoms with E-state index in [9.17, 15) is 13.2 Å².